The summed E-state index contributed by atoms with van der Waals surface area (Å²) in [6.45, 7) is 10.1. The largest absolute Gasteiger partial charge is 0.379 e. The molecule has 2 heterocycles. The molecular weight excluding hydrogens is 248 g/mol. The molecule has 4 nitrogen and oxygen atoms in total. The van der Waals surface area contributed by atoms with Gasteiger partial charge in [-0.05, 0) is 5.92 Å². The van der Waals surface area contributed by atoms with Crippen molar-refractivity contribution in [3.63, 3.8) is 0 Å². The molecule has 1 aromatic heterocycles. The van der Waals surface area contributed by atoms with Crippen molar-refractivity contribution in [3.8, 4) is 0 Å². The zero-order valence-electron chi connectivity index (χ0n) is 11.2. The van der Waals surface area contributed by atoms with E-state index in [1.54, 1.807) is 18.3 Å². The van der Waals surface area contributed by atoms with E-state index in [9.17, 15) is 4.79 Å². The highest BCUT2D eigenvalue weighted by atomic mass is 32.1. The molecule has 0 unspecified atom stereocenters. The van der Waals surface area contributed by atoms with Crippen LogP contribution >= 0.6 is 11.3 Å². The van der Waals surface area contributed by atoms with Gasteiger partial charge < -0.3 is 4.74 Å². The average molecular weight is 268 g/mol. The van der Waals surface area contributed by atoms with Crippen LogP contribution in [-0.2, 0) is 11.3 Å². The predicted octanol–water partition coefficient (Wildman–Crippen LogP) is 2.30. The maximum atomic E-state index is 11.6. The van der Waals surface area contributed by atoms with E-state index in [1.165, 1.54) is 0 Å². The molecule has 0 spiro atoms. The molecule has 0 aromatic carbocycles. The van der Waals surface area contributed by atoms with E-state index >= 15 is 0 Å². The highest BCUT2D eigenvalue weighted by Crippen LogP contribution is 2.26. The van der Waals surface area contributed by atoms with E-state index in [2.05, 4.69) is 23.7 Å². The van der Waals surface area contributed by atoms with Gasteiger partial charge in [-0.25, -0.2) is 4.98 Å². The molecular formula is C13H20N2O2S. The van der Waals surface area contributed by atoms with Crippen LogP contribution in [0.25, 0.3) is 0 Å². The number of ether oxygens (including phenoxy) is 1. The van der Waals surface area contributed by atoms with Crippen molar-refractivity contribution in [2.24, 2.45) is 0 Å². The van der Waals surface area contributed by atoms with Gasteiger partial charge in [0, 0.05) is 20.0 Å². The van der Waals surface area contributed by atoms with Gasteiger partial charge in [0.05, 0.1) is 30.3 Å². The summed E-state index contributed by atoms with van der Waals surface area (Å²) in [6.07, 6.45) is 0. The molecule has 0 aliphatic carbocycles. The summed E-state index contributed by atoms with van der Waals surface area (Å²) in [4.78, 5) is 19.4. The molecule has 1 aromatic rings. The van der Waals surface area contributed by atoms with Gasteiger partial charge in [-0.2, -0.15) is 0 Å². The van der Waals surface area contributed by atoms with E-state index in [-0.39, 0.29) is 5.78 Å². The van der Waals surface area contributed by atoms with Crippen LogP contribution < -0.4 is 0 Å². The van der Waals surface area contributed by atoms with Crippen molar-refractivity contribution in [3.05, 3.63) is 15.6 Å². The number of hydrogen-bond acceptors (Lipinski definition) is 5. The standard InChI is InChI=1S/C13H20N2O2S/c1-9(2)12-13(10(3)16)18-11(14-12)8-15-4-6-17-7-5-15/h9H,4-8H2,1-3H3. The third-order valence-corrected chi connectivity index (χ3v) is 4.18. The number of morpholine rings is 1. The topological polar surface area (TPSA) is 42.4 Å². The number of ketones is 1. The van der Waals surface area contributed by atoms with Gasteiger partial charge in [-0.15, -0.1) is 11.3 Å². The number of carbonyl (C=O) groups is 1. The number of aromatic nitrogens is 1. The molecule has 1 saturated heterocycles. The fraction of sp³-hybridized carbons (Fsp3) is 0.692. The average Bonchev–Trinajstić information content (AvgIpc) is 2.74. The number of thiazole rings is 1. The van der Waals surface area contributed by atoms with Gasteiger partial charge in [0.1, 0.15) is 5.01 Å². The Bertz CT molecular complexity index is 423. The maximum absolute atomic E-state index is 11.6. The van der Waals surface area contributed by atoms with Crippen LogP contribution in [0.4, 0.5) is 0 Å². The molecule has 2 rings (SSSR count). The third kappa shape index (κ3) is 3.16. The molecule has 1 aliphatic heterocycles. The lowest BCUT2D eigenvalue weighted by Gasteiger charge is -2.25. The summed E-state index contributed by atoms with van der Waals surface area (Å²) in [6, 6.07) is 0. The van der Waals surface area contributed by atoms with Crippen molar-refractivity contribution in [1.29, 1.82) is 0 Å². The second-order valence-electron chi connectivity index (χ2n) is 4.92. The Hall–Kier alpha value is -0.780. The molecule has 0 radical (unpaired) electrons. The molecule has 100 valence electrons. The predicted molar refractivity (Wildman–Crippen MR) is 72.3 cm³/mol. The van der Waals surface area contributed by atoms with Gasteiger partial charge in [0.25, 0.3) is 0 Å². The smallest absolute Gasteiger partial charge is 0.171 e. The third-order valence-electron chi connectivity index (χ3n) is 3.03. The Morgan fingerprint density at radius 3 is 2.61 bits per heavy atom. The normalized spacial score (nSPS) is 17.3. The van der Waals surface area contributed by atoms with Crippen LogP contribution in [0.1, 0.15) is 47.1 Å². The van der Waals surface area contributed by atoms with Crippen LogP contribution in [0.5, 0.6) is 0 Å². The Morgan fingerprint density at radius 1 is 1.44 bits per heavy atom. The second kappa shape index (κ2) is 5.91. The zero-order valence-corrected chi connectivity index (χ0v) is 12.0. The summed E-state index contributed by atoms with van der Waals surface area (Å²) >= 11 is 1.55. The van der Waals surface area contributed by atoms with Gasteiger partial charge in [-0.3, -0.25) is 9.69 Å². The first-order chi connectivity index (χ1) is 8.58. The Morgan fingerprint density at radius 2 is 2.11 bits per heavy atom. The van der Waals surface area contributed by atoms with Gasteiger partial charge in [-0.1, -0.05) is 13.8 Å². The summed E-state index contributed by atoms with van der Waals surface area (Å²) in [5.41, 5.74) is 0.954. The van der Waals surface area contributed by atoms with Crippen LogP contribution in [-0.4, -0.2) is 42.0 Å². The summed E-state index contributed by atoms with van der Waals surface area (Å²) in [5.74, 6) is 0.433. The highest BCUT2D eigenvalue weighted by molar-refractivity contribution is 7.13. The van der Waals surface area contributed by atoms with Crippen LogP contribution in [0.2, 0.25) is 0 Å². The summed E-state index contributed by atoms with van der Waals surface area (Å²) < 4.78 is 5.33. The van der Waals surface area contributed by atoms with Crippen molar-refractivity contribution in [2.75, 3.05) is 26.3 Å². The van der Waals surface area contributed by atoms with Crippen molar-refractivity contribution in [2.45, 2.75) is 33.2 Å². The highest BCUT2D eigenvalue weighted by Gasteiger charge is 2.19. The Labute approximate surface area is 112 Å². The molecule has 0 bridgehead atoms. The number of hydrogen-bond donors (Lipinski definition) is 0. The van der Waals surface area contributed by atoms with Crippen molar-refractivity contribution >= 4 is 17.1 Å². The monoisotopic (exact) mass is 268 g/mol. The van der Waals surface area contributed by atoms with Crippen molar-refractivity contribution in [1.82, 2.24) is 9.88 Å². The second-order valence-corrected chi connectivity index (χ2v) is 6.00. The SMILES string of the molecule is CC(=O)c1sc(CN2CCOCC2)nc1C(C)C. The Kier molecular flexibility index (Phi) is 4.48. The molecule has 18 heavy (non-hydrogen) atoms. The lowest BCUT2D eigenvalue weighted by atomic mass is 10.1. The maximum Gasteiger partial charge on any atom is 0.171 e. The molecule has 0 N–H and O–H groups in total. The number of rotatable bonds is 4. The van der Waals surface area contributed by atoms with Gasteiger partial charge in [0.15, 0.2) is 5.78 Å². The molecule has 5 heteroatoms. The molecule has 1 fully saturated rings. The number of carbonyl (C=O) groups excluding carboxylic acids is 1. The van der Waals surface area contributed by atoms with E-state index in [4.69, 9.17) is 4.74 Å². The minimum atomic E-state index is 0.129. The van der Waals surface area contributed by atoms with E-state index in [0.29, 0.717) is 5.92 Å². The molecule has 0 saturated carbocycles. The first-order valence-corrected chi connectivity index (χ1v) is 7.20. The van der Waals surface area contributed by atoms with Crippen LogP contribution in [0.15, 0.2) is 0 Å². The lowest BCUT2D eigenvalue weighted by molar-refractivity contribution is 0.0341. The zero-order chi connectivity index (χ0) is 13.1. The quantitative estimate of drug-likeness (QED) is 0.786. The minimum absolute atomic E-state index is 0.129. The first kappa shape index (κ1) is 13.6. The molecule has 0 amide bonds. The minimum Gasteiger partial charge on any atom is -0.379 e. The van der Waals surface area contributed by atoms with E-state index < -0.39 is 0 Å². The first-order valence-electron chi connectivity index (χ1n) is 6.38. The fourth-order valence-electron chi connectivity index (χ4n) is 2.04. The molecule has 0 atom stereocenters. The van der Waals surface area contributed by atoms with E-state index in [0.717, 1.165) is 48.4 Å². The lowest BCUT2D eigenvalue weighted by Crippen LogP contribution is -2.35. The number of Topliss-reactive ketones (excluding diaryl/α,β-unsaturated/α-hetero) is 1. The van der Waals surface area contributed by atoms with Crippen LogP contribution in [0, 0.1) is 0 Å². The van der Waals surface area contributed by atoms with Gasteiger partial charge in [0.2, 0.25) is 0 Å². The Balaban J connectivity index is 2.13. The van der Waals surface area contributed by atoms with Gasteiger partial charge >= 0.3 is 0 Å². The fourth-order valence-corrected chi connectivity index (χ4v) is 3.20. The summed E-state index contributed by atoms with van der Waals surface area (Å²) in [7, 11) is 0. The van der Waals surface area contributed by atoms with E-state index in [1.807, 2.05) is 0 Å². The molecule has 1 aliphatic rings. The number of nitrogens with zero attached hydrogens (tertiary/aromatic N) is 2. The van der Waals surface area contributed by atoms with Crippen LogP contribution in [0.3, 0.4) is 0 Å². The van der Waals surface area contributed by atoms with Crippen molar-refractivity contribution < 1.29 is 9.53 Å². The summed E-state index contributed by atoms with van der Waals surface area (Å²) in [5, 5.41) is 1.05.